The zero-order valence-corrected chi connectivity index (χ0v) is 19.1. The first kappa shape index (κ1) is 22.3. The maximum absolute atomic E-state index is 5.57. The van der Waals surface area contributed by atoms with Crippen LogP contribution >= 0.6 is 24.0 Å². The molecule has 6 heteroatoms. The van der Waals surface area contributed by atoms with Crippen molar-refractivity contribution in [3.8, 4) is 5.75 Å². The second-order valence-electron chi connectivity index (χ2n) is 7.45. The quantitative estimate of drug-likeness (QED) is 0.269. The number of halogens is 1. The van der Waals surface area contributed by atoms with Gasteiger partial charge in [0.25, 0.3) is 0 Å². The molecule has 0 amide bonds. The third-order valence-electron chi connectivity index (χ3n) is 5.54. The van der Waals surface area contributed by atoms with Crippen molar-refractivity contribution in [2.24, 2.45) is 4.99 Å². The number of nitrogens with one attached hydrogen (secondary N) is 2. The molecule has 0 aliphatic carbocycles. The van der Waals surface area contributed by atoms with E-state index in [1.54, 1.807) is 0 Å². The maximum atomic E-state index is 5.57. The zero-order valence-electron chi connectivity index (χ0n) is 16.8. The largest absolute Gasteiger partial charge is 0.493 e. The summed E-state index contributed by atoms with van der Waals surface area (Å²) in [5.74, 6) is 1.96. The van der Waals surface area contributed by atoms with Gasteiger partial charge in [-0.2, -0.15) is 0 Å². The molecule has 2 N–H and O–H groups in total. The Labute approximate surface area is 181 Å². The lowest BCUT2D eigenvalue weighted by Crippen LogP contribution is -2.41. The number of hydrogen-bond donors (Lipinski definition) is 2. The Kier molecular flexibility index (Phi) is 9.68. The van der Waals surface area contributed by atoms with Crippen LogP contribution in [0.15, 0.2) is 23.2 Å². The van der Waals surface area contributed by atoms with Gasteiger partial charge in [0.15, 0.2) is 5.96 Å². The standard InChI is InChI=1S/C21H34N4O.HI/c1-17-6-3-4-13-25(17)14-5-11-23-21(22-2)24-12-9-18-7-8-20-19(16-18)10-15-26-20;/h7-8,16-17H,3-6,9-15H2,1-2H3,(H2,22,23,24);1H. The summed E-state index contributed by atoms with van der Waals surface area (Å²) in [7, 11) is 1.84. The van der Waals surface area contributed by atoms with E-state index in [4.69, 9.17) is 4.74 Å². The number of fused-ring (bicyclic) bond motifs is 1. The van der Waals surface area contributed by atoms with Crippen LogP contribution in [0, 0.1) is 0 Å². The summed E-state index contributed by atoms with van der Waals surface area (Å²) in [6.45, 7) is 7.49. The molecule has 0 saturated carbocycles. The molecule has 152 valence electrons. The number of guanidine groups is 1. The molecule has 27 heavy (non-hydrogen) atoms. The molecule has 0 radical (unpaired) electrons. The van der Waals surface area contributed by atoms with E-state index in [0.29, 0.717) is 0 Å². The van der Waals surface area contributed by atoms with E-state index in [2.05, 4.69) is 45.6 Å². The smallest absolute Gasteiger partial charge is 0.190 e. The zero-order chi connectivity index (χ0) is 18.2. The van der Waals surface area contributed by atoms with E-state index in [1.807, 2.05) is 7.05 Å². The van der Waals surface area contributed by atoms with Crippen LogP contribution in [0.2, 0.25) is 0 Å². The summed E-state index contributed by atoms with van der Waals surface area (Å²) in [5, 5.41) is 6.87. The minimum atomic E-state index is 0. The lowest BCUT2D eigenvalue weighted by molar-refractivity contribution is 0.159. The van der Waals surface area contributed by atoms with Crippen LogP contribution in [0.3, 0.4) is 0 Å². The molecule has 0 spiro atoms. The Balaban J connectivity index is 0.00000261. The van der Waals surface area contributed by atoms with Crippen LogP contribution in [0.1, 0.15) is 43.7 Å². The Morgan fingerprint density at radius 3 is 2.93 bits per heavy atom. The number of aliphatic imine (C=N–C) groups is 1. The van der Waals surface area contributed by atoms with Crippen molar-refractivity contribution in [3.05, 3.63) is 29.3 Å². The predicted molar refractivity (Wildman–Crippen MR) is 124 cm³/mol. The van der Waals surface area contributed by atoms with Crippen molar-refractivity contribution in [2.75, 3.05) is 39.8 Å². The number of piperidine rings is 1. The van der Waals surface area contributed by atoms with Gasteiger partial charge in [-0.1, -0.05) is 18.6 Å². The van der Waals surface area contributed by atoms with Crippen LogP contribution in [-0.4, -0.2) is 56.7 Å². The van der Waals surface area contributed by atoms with Crippen molar-refractivity contribution in [3.63, 3.8) is 0 Å². The normalized spacial score (nSPS) is 19.8. The highest BCUT2D eigenvalue weighted by Crippen LogP contribution is 2.25. The molecule has 3 rings (SSSR count). The van der Waals surface area contributed by atoms with Gasteiger partial charge in [-0.05, 0) is 56.3 Å². The lowest BCUT2D eigenvalue weighted by atomic mass is 10.0. The number of rotatable bonds is 7. The Morgan fingerprint density at radius 2 is 2.11 bits per heavy atom. The molecular weight excluding hydrogens is 451 g/mol. The van der Waals surface area contributed by atoms with Gasteiger partial charge in [0.05, 0.1) is 6.61 Å². The van der Waals surface area contributed by atoms with E-state index in [9.17, 15) is 0 Å². The molecule has 2 heterocycles. The molecule has 2 aliphatic heterocycles. The molecule has 1 saturated heterocycles. The molecule has 1 atom stereocenters. The van der Waals surface area contributed by atoms with E-state index in [-0.39, 0.29) is 24.0 Å². The van der Waals surface area contributed by atoms with Gasteiger partial charge in [-0.15, -0.1) is 24.0 Å². The molecule has 0 aromatic heterocycles. The van der Waals surface area contributed by atoms with E-state index in [0.717, 1.165) is 56.7 Å². The fourth-order valence-electron chi connectivity index (χ4n) is 3.92. The van der Waals surface area contributed by atoms with Gasteiger partial charge in [-0.25, -0.2) is 0 Å². The number of hydrogen-bond acceptors (Lipinski definition) is 3. The second kappa shape index (κ2) is 11.7. The van der Waals surface area contributed by atoms with E-state index < -0.39 is 0 Å². The monoisotopic (exact) mass is 486 g/mol. The van der Waals surface area contributed by atoms with Crippen LogP contribution in [0.5, 0.6) is 5.75 Å². The van der Waals surface area contributed by atoms with Gasteiger partial charge < -0.3 is 20.3 Å². The molecular formula is C21H35IN4O. The molecule has 1 unspecified atom stereocenters. The van der Waals surface area contributed by atoms with Crippen molar-refractivity contribution < 1.29 is 4.74 Å². The summed E-state index contributed by atoms with van der Waals surface area (Å²) in [6, 6.07) is 7.30. The average Bonchev–Trinajstić information content (AvgIpc) is 3.13. The molecule has 5 nitrogen and oxygen atoms in total. The highest BCUT2D eigenvalue weighted by Gasteiger charge is 2.17. The molecule has 1 fully saturated rings. The first-order valence-corrected chi connectivity index (χ1v) is 10.2. The number of benzene rings is 1. The van der Waals surface area contributed by atoms with E-state index >= 15 is 0 Å². The third kappa shape index (κ3) is 6.82. The number of ether oxygens (including phenoxy) is 1. The lowest BCUT2D eigenvalue weighted by Gasteiger charge is -2.33. The van der Waals surface area contributed by atoms with Gasteiger partial charge in [0, 0.05) is 39.1 Å². The minimum absolute atomic E-state index is 0. The SMILES string of the molecule is CN=C(NCCCN1CCCCC1C)NCCc1ccc2c(c1)CCO2.I. The average molecular weight is 486 g/mol. The molecule has 1 aromatic carbocycles. The highest BCUT2D eigenvalue weighted by molar-refractivity contribution is 14.0. The second-order valence-corrected chi connectivity index (χ2v) is 7.45. The van der Waals surface area contributed by atoms with Crippen LogP contribution < -0.4 is 15.4 Å². The summed E-state index contributed by atoms with van der Waals surface area (Å²) in [4.78, 5) is 6.96. The van der Waals surface area contributed by atoms with Crippen LogP contribution in [0.4, 0.5) is 0 Å². The van der Waals surface area contributed by atoms with Gasteiger partial charge in [-0.3, -0.25) is 4.99 Å². The molecule has 0 bridgehead atoms. The summed E-state index contributed by atoms with van der Waals surface area (Å²) < 4.78 is 5.57. The first-order chi connectivity index (χ1) is 12.8. The Hall–Kier alpha value is -1.02. The summed E-state index contributed by atoms with van der Waals surface area (Å²) >= 11 is 0. The molecule has 1 aromatic rings. The summed E-state index contributed by atoms with van der Waals surface area (Å²) in [5.41, 5.74) is 2.70. The van der Waals surface area contributed by atoms with Crippen LogP contribution in [-0.2, 0) is 12.8 Å². The number of nitrogens with zero attached hydrogens (tertiary/aromatic N) is 2. The maximum Gasteiger partial charge on any atom is 0.190 e. The number of likely N-dealkylation sites (tertiary alicyclic amines) is 1. The Bertz CT molecular complexity index is 608. The van der Waals surface area contributed by atoms with Crippen molar-refractivity contribution >= 4 is 29.9 Å². The Morgan fingerprint density at radius 1 is 1.26 bits per heavy atom. The molecule has 2 aliphatic rings. The highest BCUT2D eigenvalue weighted by atomic mass is 127. The fourth-order valence-corrected chi connectivity index (χ4v) is 3.92. The van der Waals surface area contributed by atoms with Crippen molar-refractivity contribution in [1.82, 2.24) is 15.5 Å². The minimum Gasteiger partial charge on any atom is -0.493 e. The van der Waals surface area contributed by atoms with E-state index in [1.165, 1.54) is 43.5 Å². The van der Waals surface area contributed by atoms with Gasteiger partial charge in [0.2, 0.25) is 0 Å². The van der Waals surface area contributed by atoms with Gasteiger partial charge >= 0.3 is 0 Å². The predicted octanol–water partition coefficient (Wildman–Crippen LogP) is 3.21. The topological polar surface area (TPSA) is 48.9 Å². The fraction of sp³-hybridized carbons (Fsp3) is 0.667. The van der Waals surface area contributed by atoms with Gasteiger partial charge in [0.1, 0.15) is 5.75 Å². The first-order valence-electron chi connectivity index (χ1n) is 10.2. The van der Waals surface area contributed by atoms with Crippen LogP contribution in [0.25, 0.3) is 0 Å². The summed E-state index contributed by atoms with van der Waals surface area (Å²) in [6.07, 6.45) is 7.30. The van der Waals surface area contributed by atoms with Crippen molar-refractivity contribution in [2.45, 2.75) is 51.5 Å². The van der Waals surface area contributed by atoms with Crippen molar-refractivity contribution in [1.29, 1.82) is 0 Å². The third-order valence-corrected chi connectivity index (χ3v) is 5.54.